The van der Waals surface area contributed by atoms with Gasteiger partial charge < -0.3 is 15.0 Å². The van der Waals surface area contributed by atoms with E-state index in [1.807, 2.05) is 49.5 Å². The van der Waals surface area contributed by atoms with Crippen LogP contribution in [0.25, 0.3) is 10.9 Å². The predicted molar refractivity (Wildman–Crippen MR) is 110 cm³/mol. The Labute approximate surface area is 164 Å². The van der Waals surface area contributed by atoms with Gasteiger partial charge in [-0.05, 0) is 49.1 Å². The summed E-state index contributed by atoms with van der Waals surface area (Å²) in [5.74, 6) is 0.893. The summed E-state index contributed by atoms with van der Waals surface area (Å²) < 4.78 is 5.48. The van der Waals surface area contributed by atoms with Gasteiger partial charge in [-0.25, -0.2) is 10.9 Å². The van der Waals surface area contributed by atoms with E-state index in [0.717, 1.165) is 23.3 Å². The van der Waals surface area contributed by atoms with Crippen LogP contribution in [0.1, 0.15) is 30.5 Å². The highest BCUT2D eigenvalue weighted by Crippen LogP contribution is 2.24. The first-order chi connectivity index (χ1) is 13.7. The number of carbonyl (C=O) groups excluding carboxylic acids is 1. The van der Waals surface area contributed by atoms with E-state index in [0.29, 0.717) is 19.6 Å². The average Bonchev–Trinajstić information content (AvgIpc) is 3.37. The number of hydrogen-bond donors (Lipinski definition) is 4. The van der Waals surface area contributed by atoms with E-state index in [1.54, 1.807) is 0 Å². The molecule has 1 aromatic heterocycles. The van der Waals surface area contributed by atoms with Gasteiger partial charge in [-0.2, -0.15) is 0 Å². The number of hydrogen-bond acceptors (Lipinski definition) is 4. The highest BCUT2D eigenvalue weighted by molar-refractivity contribution is 5.84. The Morgan fingerprint density at radius 3 is 2.79 bits per heavy atom. The van der Waals surface area contributed by atoms with Crippen LogP contribution in [0.2, 0.25) is 0 Å². The topological polar surface area (TPSA) is 78.2 Å². The first kappa shape index (κ1) is 18.5. The summed E-state index contributed by atoms with van der Waals surface area (Å²) in [5, 5.41) is 4.27. The highest BCUT2D eigenvalue weighted by Gasteiger charge is 2.29. The lowest BCUT2D eigenvalue weighted by atomic mass is 10.0. The second-order valence-corrected chi connectivity index (χ2v) is 7.03. The molecule has 0 aliphatic carbocycles. The van der Waals surface area contributed by atoms with Crippen LogP contribution in [0.15, 0.2) is 54.7 Å². The van der Waals surface area contributed by atoms with Gasteiger partial charge in [0.1, 0.15) is 11.8 Å². The van der Waals surface area contributed by atoms with Gasteiger partial charge in [-0.15, -0.1) is 0 Å². The van der Waals surface area contributed by atoms with Crippen molar-refractivity contribution in [3.63, 3.8) is 0 Å². The largest absolute Gasteiger partial charge is 0.494 e. The molecule has 0 saturated carbocycles. The third-order valence-corrected chi connectivity index (χ3v) is 5.18. The number of para-hydroxylation sites is 1. The molecule has 2 unspecified atom stereocenters. The van der Waals surface area contributed by atoms with Gasteiger partial charge in [-0.3, -0.25) is 4.79 Å². The number of fused-ring (bicyclic) bond motifs is 1. The van der Waals surface area contributed by atoms with Crippen LogP contribution in [-0.4, -0.2) is 30.1 Å². The number of aromatic amines is 1. The molecule has 0 bridgehead atoms. The van der Waals surface area contributed by atoms with Crippen LogP contribution in [-0.2, 0) is 11.2 Å². The standard InChI is InChI=1S/C22H26N4O2/c1-2-28-17-9-7-15(8-10-17)20-13-21(26-25-20)22(27)23-12-11-16-14-24-19-6-4-3-5-18(16)19/h3-10,14,20-21,24-26H,2,11-13H2,1H3,(H,23,27). The maximum Gasteiger partial charge on any atom is 0.238 e. The third kappa shape index (κ3) is 4.03. The molecule has 6 heteroatoms. The fourth-order valence-corrected chi connectivity index (χ4v) is 3.69. The summed E-state index contributed by atoms with van der Waals surface area (Å²) in [6.45, 7) is 3.24. The van der Waals surface area contributed by atoms with Gasteiger partial charge in [-0.1, -0.05) is 30.3 Å². The minimum absolute atomic E-state index is 0.0285. The minimum atomic E-state index is -0.237. The lowest BCUT2D eigenvalue weighted by Crippen LogP contribution is -2.43. The molecule has 2 heterocycles. The van der Waals surface area contributed by atoms with Gasteiger partial charge in [0.15, 0.2) is 0 Å². The molecule has 1 aliphatic rings. The summed E-state index contributed by atoms with van der Waals surface area (Å²) >= 11 is 0. The Hall–Kier alpha value is -2.83. The van der Waals surface area contributed by atoms with Crippen LogP contribution in [0.4, 0.5) is 0 Å². The molecular weight excluding hydrogens is 352 g/mol. The molecule has 4 N–H and O–H groups in total. The molecule has 1 amide bonds. The molecular formula is C22H26N4O2. The normalized spacial score (nSPS) is 19.0. The molecule has 1 saturated heterocycles. The Morgan fingerprint density at radius 2 is 1.96 bits per heavy atom. The molecule has 28 heavy (non-hydrogen) atoms. The summed E-state index contributed by atoms with van der Waals surface area (Å²) in [7, 11) is 0. The first-order valence-corrected chi connectivity index (χ1v) is 9.81. The molecule has 6 nitrogen and oxygen atoms in total. The Kier molecular flexibility index (Phi) is 5.60. The molecule has 1 fully saturated rings. The lowest BCUT2D eigenvalue weighted by Gasteiger charge is -2.11. The van der Waals surface area contributed by atoms with Crippen molar-refractivity contribution in [2.24, 2.45) is 0 Å². The average molecular weight is 378 g/mol. The highest BCUT2D eigenvalue weighted by atomic mass is 16.5. The van der Waals surface area contributed by atoms with Crippen molar-refractivity contribution >= 4 is 16.8 Å². The van der Waals surface area contributed by atoms with Crippen LogP contribution < -0.4 is 20.9 Å². The number of amides is 1. The van der Waals surface area contributed by atoms with E-state index >= 15 is 0 Å². The zero-order chi connectivity index (χ0) is 19.3. The molecule has 3 aromatic rings. The summed E-state index contributed by atoms with van der Waals surface area (Å²) in [6.07, 6.45) is 3.54. The van der Waals surface area contributed by atoms with Gasteiger partial charge in [0, 0.05) is 29.7 Å². The van der Waals surface area contributed by atoms with E-state index in [2.05, 4.69) is 33.3 Å². The van der Waals surface area contributed by atoms with Gasteiger partial charge in [0.2, 0.25) is 5.91 Å². The van der Waals surface area contributed by atoms with E-state index in [-0.39, 0.29) is 18.0 Å². The maximum absolute atomic E-state index is 12.5. The number of benzene rings is 2. The molecule has 2 atom stereocenters. The van der Waals surface area contributed by atoms with Crippen molar-refractivity contribution in [3.05, 3.63) is 65.9 Å². The fraction of sp³-hybridized carbons (Fsp3) is 0.318. The maximum atomic E-state index is 12.5. The van der Waals surface area contributed by atoms with Crippen molar-refractivity contribution in [1.82, 2.24) is 21.2 Å². The minimum Gasteiger partial charge on any atom is -0.494 e. The predicted octanol–water partition coefficient (Wildman–Crippen LogP) is 2.83. The van der Waals surface area contributed by atoms with Crippen molar-refractivity contribution in [2.75, 3.05) is 13.2 Å². The Morgan fingerprint density at radius 1 is 1.14 bits per heavy atom. The number of nitrogens with one attached hydrogen (secondary N) is 4. The molecule has 146 valence electrons. The monoisotopic (exact) mass is 378 g/mol. The lowest BCUT2D eigenvalue weighted by molar-refractivity contribution is -0.122. The van der Waals surface area contributed by atoms with Crippen LogP contribution in [0.5, 0.6) is 5.75 Å². The molecule has 0 spiro atoms. The number of carbonyl (C=O) groups is 1. The number of hydrazine groups is 1. The van der Waals surface area contributed by atoms with Gasteiger partial charge >= 0.3 is 0 Å². The SMILES string of the molecule is CCOc1ccc(C2CC(C(=O)NCCc3c[nH]c4ccccc34)NN2)cc1. The molecule has 0 radical (unpaired) electrons. The van der Waals surface area contributed by atoms with Crippen molar-refractivity contribution in [1.29, 1.82) is 0 Å². The summed E-state index contributed by atoms with van der Waals surface area (Å²) in [5.41, 5.74) is 9.84. The third-order valence-electron chi connectivity index (χ3n) is 5.18. The fourth-order valence-electron chi connectivity index (χ4n) is 3.69. The molecule has 4 rings (SSSR count). The quantitative estimate of drug-likeness (QED) is 0.510. The van der Waals surface area contributed by atoms with Crippen molar-refractivity contribution in [3.8, 4) is 5.75 Å². The van der Waals surface area contributed by atoms with Gasteiger partial charge in [0.25, 0.3) is 0 Å². The second-order valence-electron chi connectivity index (χ2n) is 7.03. The van der Waals surface area contributed by atoms with E-state index in [1.165, 1.54) is 10.9 Å². The zero-order valence-electron chi connectivity index (χ0n) is 16.0. The zero-order valence-corrected chi connectivity index (χ0v) is 16.0. The Bertz CT molecular complexity index is 935. The van der Waals surface area contributed by atoms with E-state index in [4.69, 9.17) is 4.74 Å². The summed E-state index contributed by atoms with van der Waals surface area (Å²) in [6, 6.07) is 16.1. The number of rotatable bonds is 7. The van der Waals surface area contributed by atoms with Crippen LogP contribution in [0.3, 0.4) is 0 Å². The van der Waals surface area contributed by atoms with Crippen LogP contribution in [0, 0.1) is 0 Å². The van der Waals surface area contributed by atoms with Crippen molar-refractivity contribution < 1.29 is 9.53 Å². The smallest absolute Gasteiger partial charge is 0.238 e. The summed E-state index contributed by atoms with van der Waals surface area (Å²) in [4.78, 5) is 15.8. The van der Waals surface area contributed by atoms with Gasteiger partial charge in [0.05, 0.1) is 6.61 Å². The number of ether oxygens (including phenoxy) is 1. The molecule has 2 aromatic carbocycles. The number of H-pyrrole nitrogens is 1. The van der Waals surface area contributed by atoms with Crippen LogP contribution >= 0.6 is 0 Å². The van der Waals surface area contributed by atoms with Crippen molar-refractivity contribution in [2.45, 2.75) is 31.8 Å². The van der Waals surface area contributed by atoms with E-state index < -0.39 is 0 Å². The first-order valence-electron chi connectivity index (χ1n) is 9.81. The van der Waals surface area contributed by atoms with E-state index in [9.17, 15) is 4.79 Å². The number of aromatic nitrogens is 1. The second kappa shape index (κ2) is 8.46. The molecule has 1 aliphatic heterocycles. The Balaban J connectivity index is 1.27.